The minimum atomic E-state index is -0.983. The Hall–Kier alpha value is -1.74. The SMILES string of the molecule is CSCCC(O)C(=O)NCc1cc2n(n1)CCN(C(=O)N(C)C)C2. The molecule has 0 saturated heterocycles. The maximum atomic E-state index is 12.0. The first kappa shape index (κ1) is 18.6. The van der Waals surface area contributed by atoms with E-state index in [1.54, 1.807) is 35.7 Å². The summed E-state index contributed by atoms with van der Waals surface area (Å²) < 4.78 is 1.87. The largest absolute Gasteiger partial charge is 0.383 e. The van der Waals surface area contributed by atoms with Gasteiger partial charge in [-0.2, -0.15) is 16.9 Å². The second-order valence-corrected chi connectivity index (χ2v) is 6.95. The van der Waals surface area contributed by atoms with Crippen LogP contribution in [0, 0.1) is 0 Å². The summed E-state index contributed by atoms with van der Waals surface area (Å²) in [5.74, 6) is 0.364. The quantitative estimate of drug-likeness (QED) is 0.756. The summed E-state index contributed by atoms with van der Waals surface area (Å²) in [4.78, 5) is 27.2. The molecule has 0 spiro atoms. The van der Waals surface area contributed by atoms with Gasteiger partial charge in [0, 0.05) is 20.6 Å². The Balaban J connectivity index is 1.89. The number of aromatic nitrogens is 2. The molecule has 0 bridgehead atoms. The lowest BCUT2D eigenvalue weighted by atomic mass is 10.2. The fraction of sp³-hybridized carbons (Fsp3) is 0.667. The van der Waals surface area contributed by atoms with E-state index in [1.165, 1.54) is 0 Å². The van der Waals surface area contributed by atoms with Crippen molar-refractivity contribution >= 4 is 23.7 Å². The molecule has 2 heterocycles. The third-order valence-corrected chi connectivity index (χ3v) is 4.49. The summed E-state index contributed by atoms with van der Waals surface area (Å²) in [5, 5.41) is 16.9. The average Bonchev–Trinajstić information content (AvgIpc) is 2.98. The topological polar surface area (TPSA) is 90.7 Å². The van der Waals surface area contributed by atoms with Gasteiger partial charge >= 0.3 is 6.03 Å². The zero-order chi connectivity index (χ0) is 17.7. The van der Waals surface area contributed by atoms with E-state index >= 15 is 0 Å². The Morgan fingerprint density at radius 3 is 2.88 bits per heavy atom. The van der Waals surface area contributed by atoms with Gasteiger partial charge in [0.15, 0.2) is 0 Å². The molecule has 9 heteroatoms. The molecule has 0 radical (unpaired) electrons. The molecule has 2 N–H and O–H groups in total. The molecule has 134 valence electrons. The lowest BCUT2D eigenvalue weighted by Gasteiger charge is -2.29. The number of carbonyl (C=O) groups is 2. The van der Waals surface area contributed by atoms with Crippen molar-refractivity contribution in [2.24, 2.45) is 0 Å². The van der Waals surface area contributed by atoms with Gasteiger partial charge < -0.3 is 20.2 Å². The van der Waals surface area contributed by atoms with Gasteiger partial charge in [0.2, 0.25) is 5.91 Å². The van der Waals surface area contributed by atoms with Crippen LogP contribution in [0.15, 0.2) is 6.07 Å². The third kappa shape index (κ3) is 4.64. The first-order chi connectivity index (χ1) is 11.4. The summed E-state index contributed by atoms with van der Waals surface area (Å²) in [6, 6.07) is 1.87. The molecule has 8 nitrogen and oxygen atoms in total. The van der Waals surface area contributed by atoms with Crippen molar-refractivity contribution in [1.29, 1.82) is 0 Å². The summed E-state index contributed by atoms with van der Waals surface area (Å²) in [6.07, 6.45) is 1.39. The van der Waals surface area contributed by atoms with Crippen molar-refractivity contribution in [3.05, 3.63) is 17.5 Å². The molecule has 1 aliphatic heterocycles. The van der Waals surface area contributed by atoms with Gasteiger partial charge in [0.25, 0.3) is 0 Å². The van der Waals surface area contributed by atoms with Gasteiger partial charge in [0.05, 0.1) is 31.0 Å². The minimum absolute atomic E-state index is 0.0192. The van der Waals surface area contributed by atoms with Crippen molar-refractivity contribution < 1.29 is 14.7 Å². The number of nitrogens with one attached hydrogen (secondary N) is 1. The van der Waals surface area contributed by atoms with Gasteiger partial charge in [-0.15, -0.1) is 0 Å². The molecule has 1 unspecified atom stereocenters. The highest BCUT2D eigenvalue weighted by Crippen LogP contribution is 2.15. The van der Waals surface area contributed by atoms with Gasteiger partial charge in [-0.1, -0.05) is 0 Å². The molecular formula is C15H25N5O3S. The number of urea groups is 1. The van der Waals surface area contributed by atoms with Gasteiger partial charge in [-0.25, -0.2) is 4.79 Å². The van der Waals surface area contributed by atoms with Crippen molar-refractivity contribution in [2.45, 2.75) is 32.2 Å². The number of rotatable bonds is 6. The molecule has 2 rings (SSSR count). The van der Waals surface area contributed by atoms with Gasteiger partial charge in [-0.05, 0) is 24.5 Å². The fourth-order valence-corrected chi connectivity index (χ4v) is 2.97. The Kier molecular flexibility index (Phi) is 6.50. The highest BCUT2D eigenvalue weighted by atomic mass is 32.2. The standard InChI is InChI=1S/C15H25N5O3S/c1-18(2)15(23)19-5-6-20-12(10-19)8-11(17-20)9-16-14(22)13(21)4-7-24-3/h8,13,21H,4-7,9-10H2,1-3H3,(H,16,22). The Bertz CT molecular complexity index is 590. The van der Waals surface area contributed by atoms with Gasteiger partial charge in [-0.3, -0.25) is 9.48 Å². The molecule has 0 fully saturated rings. The Morgan fingerprint density at radius 2 is 2.21 bits per heavy atom. The minimum Gasteiger partial charge on any atom is -0.383 e. The van der Waals surface area contributed by atoms with Crippen LogP contribution >= 0.6 is 11.8 Å². The highest BCUT2D eigenvalue weighted by Gasteiger charge is 2.23. The van der Waals surface area contributed by atoms with E-state index in [-0.39, 0.29) is 18.5 Å². The molecule has 0 aliphatic carbocycles. The van der Waals surface area contributed by atoms with Crippen LogP contribution in [-0.4, -0.2) is 75.4 Å². The number of carbonyl (C=O) groups excluding carboxylic acids is 2. The number of aliphatic hydroxyl groups is 1. The molecule has 24 heavy (non-hydrogen) atoms. The van der Waals surface area contributed by atoms with Crippen LogP contribution in [0.4, 0.5) is 4.79 Å². The molecule has 1 aromatic heterocycles. The van der Waals surface area contributed by atoms with E-state index in [2.05, 4.69) is 10.4 Å². The van der Waals surface area contributed by atoms with Crippen molar-refractivity contribution in [3.63, 3.8) is 0 Å². The molecule has 1 aromatic rings. The monoisotopic (exact) mass is 355 g/mol. The van der Waals surface area contributed by atoms with Crippen LogP contribution in [0.5, 0.6) is 0 Å². The van der Waals surface area contributed by atoms with Crippen LogP contribution in [0.25, 0.3) is 0 Å². The summed E-state index contributed by atoms with van der Waals surface area (Å²) in [5.41, 5.74) is 1.68. The van der Waals surface area contributed by atoms with E-state index < -0.39 is 6.10 Å². The van der Waals surface area contributed by atoms with Crippen LogP contribution in [0.3, 0.4) is 0 Å². The van der Waals surface area contributed by atoms with E-state index in [0.29, 0.717) is 26.1 Å². The molecule has 1 aliphatic rings. The number of nitrogens with zero attached hydrogens (tertiary/aromatic N) is 4. The van der Waals surface area contributed by atoms with Crippen LogP contribution in [0.2, 0.25) is 0 Å². The van der Waals surface area contributed by atoms with Crippen LogP contribution < -0.4 is 5.32 Å². The maximum absolute atomic E-state index is 12.0. The molecule has 0 saturated carbocycles. The second-order valence-electron chi connectivity index (χ2n) is 5.96. The third-order valence-electron chi connectivity index (χ3n) is 3.84. The number of hydrogen-bond acceptors (Lipinski definition) is 5. The number of hydrogen-bond donors (Lipinski definition) is 2. The van der Waals surface area contributed by atoms with E-state index in [1.807, 2.05) is 17.0 Å². The van der Waals surface area contributed by atoms with E-state index in [0.717, 1.165) is 17.1 Å². The zero-order valence-corrected chi connectivity index (χ0v) is 15.2. The predicted octanol–water partition coefficient (Wildman–Crippen LogP) is 0.111. The number of thioether (sulfide) groups is 1. The summed E-state index contributed by atoms with van der Waals surface area (Å²) >= 11 is 1.59. The lowest BCUT2D eigenvalue weighted by molar-refractivity contribution is -0.129. The highest BCUT2D eigenvalue weighted by molar-refractivity contribution is 7.98. The number of aliphatic hydroxyl groups excluding tert-OH is 1. The molecule has 0 aromatic carbocycles. The van der Waals surface area contributed by atoms with Crippen molar-refractivity contribution in [2.75, 3.05) is 32.6 Å². The summed E-state index contributed by atoms with van der Waals surface area (Å²) in [7, 11) is 3.47. The Morgan fingerprint density at radius 1 is 1.46 bits per heavy atom. The molecule has 3 amide bonds. The summed E-state index contributed by atoms with van der Waals surface area (Å²) in [6.45, 7) is 2.04. The number of fused-ring (bicyclic) bond motifs is 1. The average molecular weight is 355 g/mol. The smallest absolute Gasteiger partial charge is 0.319 e. The van der Waals surface area contributed by atoms with Crippen molar-refractivity contribution in [1.82, 2.24) is 24.9 Å². The Labute approximate surface area is 146 Å². The zero-order valence-electron chi connectivity index (χ0n) is 14.4. The molecule has 1 atom stereocenters. The first-order valence-corrected chi connectivity index (χ1v) is 9.28. The van der Waals surface area contributed by atoms with Crippen LogP contribution in [0.1, 0.15) is 17.8 Å². The maximum Gasteiger partial charge on any atom is 0.319 e. The van der Waals surface area contributed by atoms with E-state index in [4.69, 9.17) is 0 Å². The van der Waals surface area contributed by atoms with Crippen LogP contribution in [-0.2, 0) is 24.4 Å². The normalized spacial score (nSPS) is 14.9. The fourth-order valence-electron chi connectivity index (χ4n) is 2.51. The lowest BCUT2D eigenvalue weighted by Crippen LogP contribution is -2.43. The second kappa shape index (κ2) is 8.39. The number of amides is 3. The first-order valence-electron chi connectivity index (χ1n) is 7.89. The van der Waals surface area contributed by atoms with E-state index in [9.17, 15) is 14.7 Å². The van der Waals surface area contributed by atoms with Crippen molar-refractivity contribution in [3.8, 4) is 0 Å². The van der Waals surface area contributed by atoms with Gasteiger partial charge in [0.1, 0.15) is 6.10 Å². The predicted molar refractivity (Wildman–Crippen MR) is 92.6 cm³/mol. The molecular weight excluding hydrogens is 330 g/mol.